The van der Waals surface area contributed by atoms with Crippen molar-refractivity contribution < 1.29 is 95.4 Å². The summed E-state index contributed by atoms with van der Waals surface area (Å²) >= 11 is 0. The molecule has 104 heavy (non-hydrogen) atoms. The van der Waals surface area contributed by atoms with E-state index in [1.54, 1.807) is 48.8 Å². The van der Waals surface area contributed by atoms with Gasteiger partial charge in [-0.2, -0.15) is 0 Å². The molecule has 0 radical (unpaired) electrons. The summed E-state index contributed by atoms with van der Waals surface area (Å²) in [6.45, 7) is 25.4. The summed E-state index contributed by atoms with van der Waals surface area (Å²) in [5, 5.41) is 21.9. The molecule has 0 aliphatic carbocycles. The Hall–Kier alpha value is -7.38. The summed E-state index contributed by atoms with van der Waals surface area (Å²) in [5.41, 5.74) is 13.7. The van der Waals surface area contributed by atoms with E-state index in [1.165, 1.54) is 6.92 Å². The zero-order valence-corrected chi connectivity index (χ0v) is 63.5. The predicted molar refractivity (Wildman–Crippen MR) is 396 cm³/mol. The first-order valence-corrected chi connectivity index (χ1v) is 37.2. The maximum absolute atomic E-state index is 12.7. The number of nitrogens with one attached hydrogen (secondary N) is 5. The number of amides is 7. The first-order chi connectivity index (χ1) is 50.3. The van der Waals surface area contributed by atoms with Gasteiger partial charge < -0.3 is 95.1 Å². The van der Waals surface area contributed by atoms with Gasteiger partial charge in [0.05, 0.1) is 85.9 Å². The third-order valence-electron chi connectivity index (χ3n) is 15.4. The number of carbonyl (C=O) groups excluding carboxylic acids is 8. The number of rotatable bonds is 65. The zero-order valence-electron chi connectivity index (χ0n) is 63.5. The number of oxime groups is 2. The molecule has 0 saturated carbocycles. The molecule has 7 amide bonds. The van der Waals surface area contributed by atoms with Crippen LogP contribution in [0.15, 0.2) is 58.8 Å². The fourth-order valence-corrected chi connectivity index (χ4v) is 9.72. The summed E-state index contributed by atoms with van der Waals surface area (Å²) in [7, 11) is 0. The lowest BCUT2D eigenvalue weighted by Gasteiger charge is -2.21. The number of carbonyl (C=O) groups is 8. The highest BCUT2D eigenvalue weighted by Gasteiger charge is 2.25. The topological polar surface area (TPSA) is 384 Å². The molecule has 0 bridgehead atoms. The fraction of sp³-hybridized carbons (Fsp3) is 0.707. The molecule has 2 aromatic rings. The van der Waals surface area contributed by atoms with Crippen LogP contribution < -0.4 is 38.1 Å². The molecule has 0 aliphatic heterocycles. The number of unbranched alkanes of at least 4 members (excludes halogenated alkanes) is 5. The number of benzene rings is 2. The van der Waals surface area contributed by atoms with Crippen molar-refractivity contribution in [2.24, 2.45) is 45.5 Å². The number of nitrogens with zero attached hydrogens (tertiary/aromatic N) is 2. The second-order valence-electron chi connectivity index (χ2n) is 25.4. The number of ether oxygens (including phenoxy) is 10. The van der Waals surface area contributed by atoms with Gasteiger partial charge in [0, 0.05) is 81.8 Å². The Morgan fingerprint density at radius 1 is 0.442 bits per heavy atom. The molecule has 0 aliphatic rings. The maximum Gasteiger partial charge on any atom is 0.407 e. The van der Waals surface area contributed by atoms with Crippen LogP contribution in [0.25, 0.3) is 0 Å². The summed E-state index contributed by atoms with van der Waals surface area (Å²) in [6.07, 6.45) is 14.3. The highest BCUT2D eigenvalue weighted by Crippen LogP contribution is 2.18. The lowest BCUT2D eigenvalue weighted by Crippen LogP contribution is -2.46. The quantitative estimate of drug-likeness (QED) is 0.0142. The van der Waals surface area contributed by atoms with E-state index in [2.05, 4.69) is 76.3 Å². The Kier molecular flexibility index (Phi) is 59.3. The Morgan fingerprint density at radius 2 is 0.817 bits per heavy atom. The van der Waals surface area contributed by atoms with Gasteiger partial charge in [-0.25, -0.2) is 4.79 Å². The van der Waals surface area contributed by atoms with E-state index in [0.717, 1.165) is 62.7 Å². The summed E-state index contributed by atoms with van der Waals surface area (Å²) in [5.74, 6) is -1.72. The molecule has 4 atom stereocenters. The third kappa shape index (κ3) is 54.3. The van der Waals surface area contributed by atoms with Crippen LogP contribution in [0.1, 0.15) is 190 Å². The van der Waals surface area contributed by atoms with Crippen LogP contribution in [0.3, 0.4) is 0 Å². The summed E-state index contributed by atoms with van der Waals surface area (Å²) in [6, 6.07) is 12.9. The van der Waals surface area contributed by atoms with Gasteiger partial charge in [0.15, 0.2) is 0 Å². The molecule has 0 fully saturated rings. The number of nitrogens with two attached hydrogens (primary N) is 2. The second kappa shape index (κ2) is 65.2. The van der Waals surface area contributed by atoms with Crippen molar-refractivity contribution in [1.82, 2.24) is 26.6 Å². The molecular formula is C75H127N9O20. The number of esters is 1. The van der Waals surface area contributed by atoms with E-state index < -0.39 is 36.0 Å². The highest BCUT2D eigenvalue weighted by molar-refractivity contribution is 5.95. The van der Waals surface area contributed by atoms with Crippen LogP contribution >= 0.6 is 0 Å². The van der Waals surface area contributed by atoms with Crippen molar-refractivity contribution in [3.05, 3.63) is 70.8 Å². The smallest absolute Gasteiger partial charge is 0.407 e. The van der Waals surface area contributed by atoms with E-state index in [9.17, 15) is 38.4 Å². The van der Waals surface area contributed by atoms with Crippen molar-refractivity contribution in [3.63, 3.8) is 0 Å². The van der Waals surface area contributed by atoms with Crippen molar-refractivity contribution in [1.29, 1.82) is 0 Å². The van der Waals surface area contributed by atoms with Crippen LogP contribution in [0.4, 0.5) is 4.79 Å². The molecule has 0 saturated heterocycles. The number of hydrogen-bond acceptors (Lipinski definition) is 22. The normalized spacial score (nSPS) is 12.4. The van der Waals surface area contributed by atoms with Gasteiger partial charge in [-0.15, -0.1) is 0 Å². The lowest BCUT2D eigenvalue weighted by molar-refractivity contribution is -0.142. The Morgan fingerprint density at radius 3 is 1.18 bits per heavy atom. The molecule has 0 heterocycles. The zero-order chi connectivity index (χ0) is 76.5. The predicted octanol–water partition coefficient (Wildman–Crippen LogP) is 8.05. The molecule has 2 rings (SSSR count). The molecular weight excluding hydrogens is 1350 g/mol. The van der Waals surface area contributed by atoms with Crippen LogP contribution in [0, 0.1) is 23.7 Å². The largest absolute Gasteiger partial charge is 0.462 e. The second-order valence-corrected chi connectivity index (χ2v) is 25.4. The molecule has 29 nitrogen and oxygen atoms in total. The van der Waals surface area contributed by atoms with Gasteiger partial charge in [-0.05, 0) is 144 Å². The minimum atomic E-state index is -0.729. The molecule has 0 unspecified atom stereocenters. The maximum atomic E-state index is 12.7. The van der Waals surface area contributed by atoms with Crippen LogP contribution in [-0.4, -0.2) is 211 Å². The molecule has 29 heteroatoms. The van der Waals surface area contributed by atoms with Gasteiger partial charge in [-0.3, -0.25) is 33.6 Å². The number of hydrogen-bond donors (Lipinski definition) is 7. The third-order valence-corrected chi connectivity index (χ3v) is 15.4. The first kappa shape index (κ1) is 94.6. The summed E-state index contributed by atoms with van der Waals surface area (Å²) in [4.78, 5) is 107. The van der Waals surface area contributed by atoms with E-state index in [1.807, 2.05) is 26.0 Å². The van der Waals surface area contributed by atoms with Crippen molar-refractivity contribution in [2.45, 2.75) is 183 Å². The van der Waals surface area contributed by atoms with Gasteiger partial charge in [0.2, 0.25) is 23.6 Å². The first-order valence-electron chi connectivity index (χ1n) is 37.2. The average Bonchev–Trinajstić information content (AvgIpc) is 0.911. The van der Waals surface area contributed by atoms with Gasteiger partial charge in [0.25, 0.3) is 11.8 Å². The minimum absolute atomic E-state index is 0.0113. The number of primary amides is 2. The molecule has 0 spiro atoms. The Balaban J connectivity index is 0.00000105. The molecule has 592 valence electrons. The fourth-order valence-electron chi connectivity index (χ4n) is 9.72. The van der Waals surface area contributed by atoms with E-state index in [0.29, 0.717) is 193 Å². The molecule has 0 aromatic heterocycles. The van der Waals surface area contributed by atoms with Crippen molar-refractivity contribution in [2.75, 3.05) is 139 Å². The highest BCUT2D eigenvalue weighted by atomic mass is 16.6. The van der Waals surface area contributed by atoms with Crippen LogP contribution in [0.5, 0.6) is 0 Å². The Bertz CT molecular complexity index is 2660. The summed E-state index contributed by atoms with van der Waals surface area (Å²) < 4.78 is 53.2. The average molecular weight is 1470 g/mol. The Labute approximate surface area is 617 Å². The SMILES string of the molecule is CCCCOCCOCCOCCOCCC/C=N/OCc1cccc(C(=O)NCCCC[C@H](NC(=O)[C@@H](CC)CC(C)C)C(N)=O)c1.CC[C@@H](CC(C)C)C(=O)N[C@@H](CCCCNC(=O)c1cccc(CO/N=C\CCCOCCOCCOCCOCCNC(=O)OCCOC(C)=O)c1)C(N)=O. The van der Waals surface area contributed by atoms with Gasteiger partial charge in [-0.1, -0.05) is 89.5 Å². The van der Waals surface area contributed by atoms with Crippen molar-refractivity contribution in [3.8, 4) is 0 Å². The van der Waals surface area contributed by atoms with Crippen LogP contribution in [0.2, 0.25) is 0 Å². The monoisotopic (exact) mass is 1470 g/mol. The van der Waals surface area contributed by atoms with Crippen molar-refractivity contribution >= 4 is 59.9 Å². The van der Waals surface area contributed by atoms with E-state index >= 15 is 0 Å². The molecule has 2 aromatic carbocycles. The lowest BCUT2D eigenvalue weighted by atomic mass is 9.93. The standard InChI is InChI=1S/C39H65N5O12.C36H62N4O8/c1-5-33(27-30(2)3)38(48)44-35(36(40)46)13-6-7-14-41-37(47)34-12-10-11-32(28-34)29-56-43-15-8-9-17-50-19-21-52-23-24-53-22-20-51-18-16-42-39(49)55-26-25-54-31(4)45;1-5-7-18-44-20-22-46-24-25-47-23-21-45-19-11-10-17-39-48-28-30-13-12-14-32(27-30)35(42)38-16-9-8-15-33(34(37)41)40-36(43)31(6-2)26-29(3)4/h10-12,15,28,30,33,35H,5-9,13-14,16-27,29H2,1-4H3,(H2,40,46)(H,41,47)(H,42,49)(H,44,48);12-14,17,27,29,31,33H,5-11,15-16,18-26,28H2,1-4H3,(H2,37,41)(H,38,42)(H,40,43)/b43-15-;39-17+/t33-,35-;31-,33-/m00/s1. The van der Waals surface area contributed by atoms with E-state index in [4.69, 9.17) is 63.8 Å². The molecule has 9 N–H and O–H groups in total. The van der Waals surface area contributed by atoms with Gasteiger partial charge >= 0.3 is 12.1 Å². The van der Waals surface area contributed by atoms with Crippen LogP contribution in [-0.2, 0) is 94.2 Å². The van der Waals surface area contributed by atoms with Gasteiger partial charge in [0.1, 0.15) is 38.5 Å². The number of alkyl carbamates (subject to hydrolysis) is 1. The minimum Gasteiger partial charge on any atom is -0.462 e. The van der Waals surface area contributed by atoms with E-state index in [-0.39, 0.29) is 68.4 Å².